The fraction of sp³-hybridized carbons (Fsp3) is 0.654. The summed E-state index contributed by atoms with van der Waals surface area (Å²) in [5.41, 5.74) is 1.20. The molecule has 1 aliphatic rings. The Balaban J connectivity index is 1.66. The Morgan fingerprint density at radius 2 is 1.91 bits per heavy atom. The minimum absolute atomic E-state index is 0.0466. The molecule has 0 aliphatic heterocycles. The molecule has 0 saturated heterocycles. The minimum Gasteiger partial charge on any atom is -0.393 e. The fourth-order valence-electron chi connectivity index (χ4n) is 4.73. The molecule has 1 aliphatic carbocycles. The van der Waals surface area contributed by atoms with Crippen molar-refractivity contribution in [3.63, 3.8) is 0 Å². The quantitative estimate of drug-likeness (QED) is 0.120. The first-order chi connectivity index (χ1) is 16.8. The van der Waals surface area contributed by atoms with E-state index < -0.39 is 29.4 Å². The predicted molar refractivity (Wildman–Crippen MR) is 132 cm³/mol. The molecule has 1 unspecified atom stereocenters. The van der Waals surface area contributed by atoms with Gasteiger partial charge in [0.1, 0.15) is 6.61 Å². The lowest BCUT2D eigenvalue weighted by molar-refractivity contribution is -0.758. The molecule has 1 aromatic carbocycles. The molecule has 1 amide bonds. The van der Waals surface area contributed by atoms with E-state index in [1.165, 1.54) is 5.56 Å². The fourth-order valence-corrected chi connectivity index (χ4v) is 4.73. The molecule has 0 heterocycles. The van der Waals surface area contributed by atoms with E-state index in [0.29, 0.717) is 51.4 Å². The third-order valence-corrected chi connectivity index (χ3v) is 6.65. The molecule has 9 heteroatoms. The second kappa shape index (κ2) is 15.5. The van der Waals surface area contributed by atoms with Crippen molar-refractivity contribution < 1.29 is 30.0 Å². The lowest BCUT2D eigenvalue weighted by Crippen LogP contribution is -2.36. The highest BCUT2D eigenvalue weighted by atomic mass is 16.9. The minimum atomic E-state index is -0.882. The second-order valence-electron chi connectivity index (χ2n) is 9.54. The van der Waals surface area contributed by atoms with Gasteiger partial charge in [-0.3, -0.25) is 4.79 Å². The van der Waals surface area contributed by atoms with E-state index in [2.05, 4.69) is 10.2 Å². The molecule has 0 radical (unpaired) electrons. The molecule has 0 bridgehead atoms. The molecule has 1 saturated carbocycles. The Morgan fingerprint density at radius 1 is 1.20 bits per heavy atom. The molecule has 1 aromatic rings. The molecule has 0 aromatic heterocycles. The average Bonchev–Trinajstić information content (AvgIpc) is 3.09. The van der Waals surface area contributed by atoms with Gasteiger partial charge in [-0.2, -0.15) is 0 Å². The first-order valence-electron chi connectivity index (χ1n) is 12.6. The summed E-state index contributed by atoms with van der Waals surface area (Å²) in [6.07, 6.45) is 7.83. The van der Waals surface area contributed by atoms with Crippen LogP contribution in [-0.4, -0.2) is 57.3 Å². The van der Waals surface area contributed by atoms with Crippen molar-refractivity contribution in [3.05, 3.63) is 58.2 Å². The molecular weight excluding hydrogens is 452 g/mol. The molecule has 4 N–H and O–H groups in total. The number of carbonyl (C=O) groups excluding carboxylic acids is 1. The van der Waals surface area contributed by atoms with Crippen LogP contribution in [-0.2, 0) is 16.1 Å². The third-order valence-electron chi connectivity index (χ3n) is 6.65. The summed E-state index contributed by atoms with van der Waals surface area (Å²) in [6, 6.07) is 9.61. The zero-order chi connectivity index (χ0) is 25.6. The number of aliphatic hydroxyl groups excluding tert-OH is 3. The molecule has 6 atom stereocenters. The van der Waals surface area contributed by atoms with Crippen molar-refractivity contribution in [1.82, 2.24) is 5.32 Å². The van der Waals surface area contributed by atoms with Crippen molar-refractivity contribution in [3.8, 4) is 0 Å². The number of carbonyl (C=O) groups is 1. The summed E-state index contributed by atoms with van der Waals surface area (Å²) in [5.74, 6) is -0.277. The van der Waals surface area contributed by atoms with Crippen LogP contribution in [0.5, 0.6) is 0 Å². The number of hydrogen-bond donors (Lipinski definition) is 4. The van der Waals surface area contributed by atoms with Gasteiger partial charge in [-0.1, -0.05) is 42.5 Å². The summed E-state index contributed by atoms with van der Waals surface area (Å²) in [5, 5.41) is 43.2. The number of nitrogens with one attached hydrogen (secondary N) is 1. The van der Waals surface area contributed by atoms with E-state index in [9.17, 15) is 30.2 Å². The van der Waals surface area contributed by atoms with E-state index >= 15 is 0 Å². The summed E-state index contributed by atoms with van der Waals surface area (Å²) in [7, 11) is 0. The maximum atomic E-state index is 11.9. The van der Waals surface area contributed by atoms with Gasteiger partial charge < -0.3 is 25.5 Å². The van der Waals surface area contributed by atoms with Gasteiger partial charge in [-0.15, -0.1) is 10.1 Å². The van der Waals surface area contributed by atoms with Crippen LogP contribution in [0.25, 0.3) is 0 Å². The van der Waals surface area contributed by atoms with Gasteiger partial charge in [0.05, 0.1) is 18.3 Å². The normalized spacial score (nSPS) is 23.8. The van der Waals surface area contributed by atoms with Crippen LogP contribution in [0.3, 0.4) is 0 Å². The lowest BCUT2D eigenvalue weighted by Gasteiger charge is -2.23. The highest BCUT2D eigenvalue weighted by molar-refractivity contribution is 5.76. The van der Waals surface area contributed by atoms with E-state index in [0.717, 1.165) is 6.42 Å². The SMILES string of the molecule is CC(CO[N+](=O)[O-])NC(=O)CCC/C=C\C[C@@H]1[C@@H](CC[C@@H](O)CCc2ccccc2)[C@H](O)C[C@@H]1O. The standard InChI is InChI=1S/C26H40N2O7/c1-19(18-35-28(33)34)27-26(32)12-8-3-2-7-11-22-23(25(31)17-24(22)30)16-15-21(29)14-13-20-9-5-4-6-10-20/h2,4-7,9-10,19,21-25,29-31H,3,8,11-18H2,1H3,(H,27,32)/b7-2-/t19?,21-,22+,23+,24-,25+/m0/s1. The van der Waals surface area contributed by atoms with Gasteiger partial charge in [0, 0.05) is 12.5 Å². The van der Waals surface area contributed by atoms with Crippen molar-refractivity contribution in [2.45, 2.75) is 89.1 Å². The average molecular weight is 493 g/mol. The van der Waals surface area contributed by atoms with Crippen molar-refractivity contribution in [1.29, 1.82) is 0 Å². The number of benzene rings is 1. The first kappa shape index (κ1) is 28.7. The van der Waals surface area contributed by atoms with E-state index in [1.807, 2.05) is 42.5 Å². The van der Waals surface area contributed by atoms with Gasteiger partial charge in [0.25, 0.3) is 5.09 Å². The number of aliphatic hydroxyl groups is 3. The smallest absolute Gasteiger partial charge is 0.294 e. The van der Waals surface area contributed by atoms with Gasteiger partial charge in [0.15, 0.2) is 0 Å². The maximum Gasteiger partial charge on any atom is 0.294 e. The van der Waals surface area contributed by atoms with Gasteiger partial charge in [0.2, 0.25) is 5.91 Å². The third kappa shape index (κ3) is 11.2. The maximum absolute atomic E-state index is 11.9. The van der Waals surface area contributed by atoms with Gasteiger partial charge >= 0.3 is 0 Å². The van der Waals surface area contributed by atoms with Crippen LogP contribution in [0.1, 0.15) is 63.9 Å². The molecule has 2 rings (SSSR count). The number of rotatable bonds is 16. The van der Waals surface area contributed by atoms with Crippen molar-refractivity contribution in [2.75, 3.05) is 6.61 Å². The zero-order valence-electron chi connectivity index (χ0n) is 20.5. The summed E-state index contributed by atoms with van der Waals surface area (Å²) >= 11 is 0. The van der Waals surface area contributed by atoms with Crippen LogP contribution >= 0.6 is 0 Å². The van der Waals surface area contributed by atoms with E-state index in [1.54, 1.807) is 6.92 Å². The largest absolute Gasteiger partial charge is 0.393 e. The zero-order valence-corrected chi connectivity index (χ0v) is 20.5. The van der Waals surface area contributed by atoms with Crippen LogP contribution < -0.4 is 5.32 Å². The summed E-state index contributed by atoms with van der Waals surface area (Å²) in [4.78, 5) is 26.3. The Bertz CT molecular complexity index is 789. The van der Waals surface area contributed by atoms with Gasteiger partial charge in [-0.25, -0.2) is 0 Å². The van der Waals surface area contributed by atoms with Crippen LogP contribution in [0.15, 0.2) is 42.5 Å². The van der Waals surface area contributed by atoms with Crippen LogP contribution in [0, 0.1) is 22.0 Å². The Labute approximate surface area is 207 Å². The van der Waals surface area contributed by atoms with Crippen LogP contribution in [0.4, 0.5) is 0 Å². The highest BCUT2D eigenvalue weighted by Gasteiger charge is 2.40. The van der Waals surface area contributed by atoms with Crippen molar-refractivity contribution >= 4 is 5.91 Å². The Hall–Kier alpha value is -2.49. The summed E-state index contributed by atoms with van der Waals surface area (Å²) in [6.45, 7) is 1.46. The molecule has 1 fully saturated rings. The Morgan fingerprint density at radius 3 is 2.63 bits per heavy atom. The van der Waals surface area contributed by atoms with Gasteiger partial charge in [-0.05, 0) is 75.7 Å². The molecule has 196 valence electrons. The second-order valence-corrected chi connectivity index (χ2v) is 9.54. The topological polar surface area (TPSA) is 142 Å². The summed E-state index contributed by atoms with van der Waals surface area (Å²) < 4.78 is 0. The van der Waals surface area contributed by atoms with E-state index in [-0.39, 0.29) is 24.3 Å². The number of allylic oxidation sites excluding steroid dienone is 2. The molecule has 35 heavy (non-hydrogen) atoms. The number of aryl methyl sites for hydroxylation is 1. The Kier molecular flexibility index (Phi) is 12.7. The number of unbranched alkanes of at least 4 members (excludes halogenated alkanes) is 1. The number of hydrogen-bond acceptors (Lipinski definition) is 7. The monoisotopic (exact) mass is 492 g/mol. The van der Waals surface area contributed by atoms with E-state index in [4.69, 9.17) is 0 Å². The van der Waals surface area contributed by atoms with Crippen molar-refractivity contribution in [2.24, 2.45) is 11.8 Å². The first-order valence-corrected chi connectivity index (χ1v) is 12.6. The molecule has 9 nitrogen and oxygen atoms in total. The highest BCUT2D eigenvalue weighted by Crippen LogP contribution is 2.38. The number of amides is 1. The molecule has 0 spiro atoms. The molecular formula is C26H40N2O7. The van der Waals surface area contributed by atoms with Crippen LogP contribution in [0.2, 0.25) is 0 Å². The predicted octanol–water partition coefficient (Wildman–Crippen LogP) is 2.95. The lowest BCUT2D eigenvalue weighted by atomic mass is 9.85. The number of nitrogens with zero attached hydrogens (tertiary/aromatic N) is 1.